The maximum Gasteiger partial charge on any atom is 0.160 e. The van der Waals surface area contributed by atoms with E-state index < -0.39 is 0 Å². The molecule has 0 spiro atoms. The summed E-state index contributed by atoms with van der Waals surface area (Å²) < 4.78 is 3.15. The van der Waals surface area contributed by atoms with Gasteiger partial charge in [0.1, 0.15) is 5.82 Å². The first-order valence-corrected chi connectivity index (χ1v) is 7.70. The average molecular weight is 323 g/mol. The fourth-order valence-electron chi connectivity index (χ4n) is 3.08. The zero-order valence-electron chi connectivity index (χ0n) is 11.2. The van der Waals surface area contributed by atoms with Gasteiger partial charge in [0.05, 0.1) is 0 Å². The van der Waals surface area contributed by atoms with E-state index in [-0.39, 0.29) is 5.54 Å². The van der Waals surface area contributed by atoms with E-state index >= 15 is 0 Å². The number of rotatable bonds is 3. The van der Waals surface area contributed by atoms with Crippen molar-refractivity contribution in [2.24, 2.45) is 0 Å². The van der Waals surface area contributed by atoms with Gasteiger partial charge in [-0.3, -0.25) is 4.40 Å². The SMILES string of the molecule is CNC1(Cc2nnc3ccc(Br)cn23)CCCCC1. The van der Waals surface area contributed by atoms with Gasteiger partial charge in [-0.25, -0.2) is 0 Å². The molecule has 1 N–H and O–H groups in total. The van der Waals surface area contributed by atoms with Crippen molar-refractivity contribution < 1.29 is 0 Å². The topological polar surface area (TPSA) is 42.2 Å². The van der Waals surface area contributed by atoms with Gasteiger partial charge in [-0.15, -0.1) is 10.2 Å². The predicted molar refractivity (Wildman–Crippen MR) is 79.3 cm³/mol. The largest absolute Gasteiger partial charge is 0.314 e. The third kappa shape index (κ3) is 2.54. The maximum absolute atomic E-state index is 4.38. The van der Waals surface area contributed by atoms with Gasteiger partial charge in [-0.05, 0) is 48.0 Å². The summed E-state index contributed by atoms with van der Waals surface area (Å²) in [5.74, 6) is 1.05. The molecule has 102 valence electrons. The van der Waals surface area contributed by atoms with E-state index in [1.54, 1.807) is 0 Å². The van der Waals surface area contributed by atoms with Gasteiger partial charge in [-0.2, -0.15) is 0 Å². The Morgan fingerprint density at radius 1 is 1.26 bits per heavy atom. The van der Waals surface area contributed by atoms with Crippen LogP contribution >= 0.6 is 15.9 Å². The molecule has 2 heterocycles. The minimum atomic E-state index is 0.198. The molecule has 0 unspecified atom stereocenters. The van der Waals surface area contributed by atoms with E-state index in [4.69, 9.17) is 0 Å². The van der Waals surface area contributed by atoms with Gasteiger partial charge in [-0.1, -0.05) is 19.3 Å². The number of aromatic nitrogens is 3. The minimum Gasteiger partial charge on any atom is -0.314 e. The summed E-state index contributed by atoms with van der Waals surface area (Å²) in [5.41, 5.74) is 1.11. The van der Waals surface area contributed by atoms with Crippen LogP contribution in [0, 0.1) is 0 Å². The van der Waals surface area contributed by atoms with Crippen LogP contribution in [0.25, 0.3) is 5.65 Å². The van der Waals surface area contributed by atoms with E-state index in [1.807, 2.05) is 12.1 Å². The van der Waals surface area contributed by atoms with Crippen LogP contribution in [-0.4, -0.2) is 27.2 Å². The lowest BCUT2D eigenvalue weighted by atomic mass is 9.79. The highest BCUT2D eigenvalue weighted by molar-refractivity contribution is 9.10. The van der Waals surface area contributed by atoms with Gasteiger partial charge in [0.15, 0.2) is 5.65 Å². The third-order valence-corrected chi connectivity index (χ3v) is 4.74. The Kier molecular flexibility index (Phi) is 3.58. The molecule has 19 heavy (non-hydrogen) atoms. The molecule has 4 nitrogen and oxygen atoms in total. The molecule has 0 bridgehead atoms. The molecule has 5 heteroatoms. The van der Waals surface area contributed by atoms with Crippen molar-refractivity contribution in [3.05, 3.63) is 28.6 Å². The minimum absolute atomic E-state index is 0.198. The Hall–Kier alpha value is -0.940. The summed E-state index contributed by atoms with van der Waals surface area (Å²) in [7, 11) is 2.07. The average Bonchev–Trinajstić information content (AvgIpc) is 2.82. The van der Waals surface area contributed by atoms with Crippen molar-refractivity contribution in [2.45, 2.75) is 44.1 Å². The second-order valence-corrected chi connectivity index (χ2v) is 6.38. The smallest absolute Gasteiger partial charge is 0.160 e. The highest BCUT2D eigenvalue weighted by Gasteiger charge is 2.32. The van der Waals surface area contributed by atoms with Crippen LogP contribution in [0.4, 0.5) is 0 Å². The molecular weight excluding hydrogens is 304 g/mol. The fraction of sp³-hybridized carbons (Fsp3) is 0.571. The lowest BCUT2D eigenvalue weighted by molar-refractivity contribution is 0.240. The number of nitrogens with one attached hydrogen (secondary N) is 1. The van der Waals surface area contributed by atoms with E-state index in [1.165, 1.54) is 32.1 Å². The van der Waals surface area contributed by atoms with Gasteiger partial charge >= 0.3 is 0 Å². The second-order valence-electron chi connectivity index (χ2n) is 5.46. The summed E-state index contributed by atoms with van der Waals surface area (Å²) in [4.78, 5) is 0. The molecule has 1 aliphatic carbocycles. The lowest BCUT2D eigenvalue weighted by Gasteiger charge is -2.36. The lowest BCUT2D eigenvalue weighted by Crippen LogP contribution is -2.46. The van der Waals surface area contributed by atoms with Crippen molar-refractivity contribution in [1.29, 1.82) is 0 Å². The third-order valence-electron chi connectivity index (χ3n) is 4.27. The summed E-state index contributed by atoms with van der Waals surface area (Å²) in [6.07, 6.45) is 9.43. The maximum atomic E-state index is 4.38. The van der Waals surface area contributed by atoms with Gasteiger partial charge in [0.2, 0.25) is 0 Å². The van der Waals surface area contributed by atoms with Crippen LogP contribution in [-0.2, 0) is 6.42 Å². The quantitative estimate of drug-likeness (QED) is 0.944. The Balaban J connectivity index is 1.93. The van der Waals surface area contributed by atoms with Crippen LogP contribution in [0.1, 0.15) is 37.9 Å². The van der Waals surface area contributed by atoms with Crippen molar-refractivity contribution in [1.82, 2.24) is 19.9 Å². The van der Waals surface area contributed by atoms with Crippen molar-refractivity contribution in [3.63, 3.8) is 0 Å². The molecule has 0 amide bonds. The Morgan fingerprint density at radius 2 is 2.05 bits per heavy atom. The number of hydrogen-bond acceptors (Lipinski definition) is 3. The molecule has 3 rings (SSSR count). The van der Waals surface area contributed by atoms with E-state index in [0.29, 0.717) is 0 Å². The molecule has 0 aromatic carbocycles. The highest BCUT2D eigenvalue weighted by atomic mass is 79.9. The van der Waals surface area contributed by atoms with Crippen LogP contribution in [0.15, 0.2) is 22.8 Å². The number of hydrogen-bond donors (Lipinski definition) is 1. The van der Waals surface area contributed by atoms with Crippen molar-refractivity contribution in [2.75, 3.05) is 7.05 Å². The molecule has 1 aliphatic rings. The number of fused-ring (bicyclic) bond motifs is 1. The Bertz CT molecular complexity index is 572. The molecule has 1 saturated carbocycles. The van der Waals surface area contributed by atoms with Gasteiger partial charge < -0.3 is 5.32 Å². The highest BCUT2D eigenvalue weighted by Crippen LogP contribution is 2.30. The van der Waals surface area contributed by atoms with Crippen LogP contribution in [0.2, 0.25) is 0 Å². The first-order chi connectivity index (χ1) is 9.22. The number of halogens is 1. The number of pyridine rings is 1. The van der Waals surface area contributed by atoms with Crippen LogP contribution < -0.4 is 5.32 Å². The monoisotopic (exact) mass is 322 g/mol. The van der Waals surface area contributed by atoms with E-state index in [2.05, 4.69) is 49.1 Å². The van der Waals surface area contributed by atoms with Crippen LogP contribution in [0.3, 0.4) is 0 Å². The van der Waals surface area contributed by atoms with Crippen molar-refractivity contribution >= 4 is 21.6 Å². The summed E-state index contributed by atoms with van der Waals surface area (Å²) in [6.45, 7) is 0. The van der Waals surface area contributed by atoms with Gasteiger partial charge in [0.25, 0.3) is 0 Å². The Labute approximate surface area is 121 Å². The normalized spacial score (nSPS) is 18.8. The fourth-order valence-corrected chi connectivity index (χ4v) is 3.42. The molecular formula is C14H19BrN4. The van der Waals surface area contributed by atoms with Crippen molar-refractivity contribution in [3.8, 4) is 0 Å². The Morgan fingerprint density at radius 3 is 2.79 bits per heavy atom. The summed E-state index contributed by atoms with van der Waals surface area (Å²) >= 11 is 3.51. The van der Waals surface area contributed by atoms with E-state index in [9.17, 15) is 0 Å². The van der Waals surface area contributed by atoms with Gasteiger partial charge in [0, 0.05) is 22.6 Å². The van der Waals surface area contributed by atoms with E-state index in [0.717, 1.165) is 22.4 Å². The molecule has 2 aromatic rings. The molecule has 0 radical (unpaired) electrons. The summed E-state index contributed by atoms with van der Waals surface area (Å²) in [5, 5.41) is 12.2. The standard InChI is InChI=1S/C14H19BrN4/c1-16-14(7-3-2-4-8-14)9-13-18-17-12-6-5-11(15)10-19(12)13/h5-6,10,16H,2-4,7-9H2,1H3. The zero-order valence-corrected chi connectivity index (χ0v) is 12.8. The first-order valence-electron chi connectivity index (χ1n) is 6.91. The van der Waals surface area contributed by atoms with Crippen LogP contribution in [0.5, 0.6) is 0 Å². The number of nitrogens with zero attached hydrogens (tertiary/aromatic N) is 3. The second kappa shape index (κ2) is 5.21. The predicted octanol–water partition coefficient (Wildman–Crippen LogP) is 2.96. The molecule has 2 aromatic heterocycles. The first kappa shape index (κ1) is 13.1. The summed E-state index contributed by atoms with van der Waals surface area (Å²) in [6, 6.07) is 4.00. The molecule has 0 saturated heterocycles. The zero-order chi connectivity index (χ0) is 13.3. The number of likely N-dealkylation sites (N-methyl/N-ethyl adjacent to an activating group) is 1. The molecule has 1 fully saturated rings. The molecule has 0 aliphatic heterocycles. The molecule has 0 atom stereocenters.